The van der Waals surface area contributed by atoms with Gasteiger partial charge in [0.1, 0.15) is 0 Å². The third-order valence-corrected chi connectivity index (χ3v) is 2.39. The van der Waals surface area contributed by atoms with Crippen LogP contribution in [0.5, 0.6) is 0 Å². The van der Waals surface area contributed by atoms with Gasteiger partial charge in [-0.1, -0.05) is 18.5 Å². The van der Waals surface area contributed by atoms with Crippen molar-refractivity contribution in [1.82, 2.24) is 4.98 Å². The van der Waals surface area contributed by atoms with Crippen molar-refractivity contribution in [2.45, 2.75) is 13.3 Å². The van der Waals surface area contributed by atoms with E-state index in [-0.39, 0.29) is 0 Å². The fraction of sp³-hybridized carbons (Fsp3) is 0.182. The van der Waals surface area contributed by atoms with Crippen LogP contribution in [0.4, 0.5) is 0 Å². The Bertz CT molecular complexity index is 417. The summed E-state index contributed by atoms with van der Waals surface area (Å²) in [5.41, 5.74) is 2.46. The third-order valence-electron chi connectivity index (χ3n) is 2.15. The number of aromatic amines is 1. The largest absolute Gasteiger partial charge is 0.361 e. The number of aromatic nitrogens is 1. The molecule has 0 atom stereocenters. The summed E-state index contributed by atoms with van der Waals surface area (Å²) >= 11 is 5.92. The molecule has 1 nitrogen and oxygen atoms in total. The Morgan fingerprint density at radius 3 is 3.08 bits per heavy atom. The minimum Gasteiger partial charge on any atom is -0.361 e. The zero-order chi connectivity index (χ0) is 9.26. The van der Waals surface area contributed by atoms with Gasteiger partial charge in [-0.2, -0.15) is 0 Å². The van der Waals surface area contributed by atoms with Crippen LogP contribution in [0, 0.1) is 6.42 Å². The molecule has 1 aromatic heterocycles. The number of rotatable bonds is 2. The highest BCUT2D eigenvalue weighted by Gasteiger charge is 2.02. The van der Waals surface area contributed by atoms with E-state index in [1.54, 1.807) is 0 Å². The van der Waals surface area contributed by atoms with Crippen molar-refractivity contribution >= 4 is 22.5 Å². The van der Waals surface area contributed by atoms with Crippen molar-refractivity contribution in [2.24, 2.45) is 0 Å². The quantitative estimate of drug-likeness (QED) is 0.749. The van der Waals surface area contributed by atoms with Crippen molar-refractivity contribution < 1.29 is 0 Å². The van der Waals surface area contributed by atoms with Crippen LogP contribution >= 0.6 is 11.6 Å². The molecule has 1 N–H and O–H groups in total. The monoisotopic (exact) mass is 192 g/mol. The first-order valence-electron chi connectivity index (χ1n) is 4.34. The van der Waals surface area contributed by atoms with Crippen molar-refractivity contribution in [3.05, 3.63) is 41.4 Å². The van der Waals surface area contributed by atoms with E-state index in [0.29, 0.717) is 0 Å². The molecule has 13 heavy (non-hydrogen) atoms. The number of H-pyrrole nitrogens is 1. The van der Waals surface area contributed by atoms with Crippen molar-refractivity contribution in [1.29, 1.82) is 0 Å². The maximum atomic E-state index is 5.92. The van der Waals surface area contributed by atoms with Gasteiger partial charge in [0.15, 0.2) is 0 Å². The molecule has 67 valence electrons. The van der Waals surface area contributed by atoms with Crippen LogP contribution in [-0.4, -0.2) is 4.98 Å². The van der Waals surface area contributed by atoms with E-state index in [1.165, 1.54) is 10.9 Å². The summed E-state index contributed by atoms with van der Waals surface area (Å²) in [6.07, 6.45) is 5.17. The summed E-state index contributed by atoms with van der Waals surface area (Å²) in [7, 11) is 0. The van der Waals surface area contributed by atoms with Crippen LogP contribution in [0.3, 0.4) is 0 Å². The van der Waals surface area contributed by atoms with E-state index in [2.05, 4.69) is 18.3 Å². The van der Waals surface area contributed by atoms with E-state index >= 15 is 0 Å². The molecule has 2 rings (SSSR count). The van der Waals surface area contributed by atoms with E-state index in [9.17, 15) is 0 Å². The molecule has 0 spiro atoms. The Morgan fingerprint density at radius 1 is 1.46 bits per heavy atom. The minimum atomic E-state index is 0.796. The van der Waals surface area contributed by atoms with Crippen LogP contribution in [0.1, 0.15) is 12.5 Å². The Morgan fingerprint density at radius 2 is 2.31 bits per heavy atom. The Kier molecular flexibility index (Phi) is 2.28. The maximum absolute atomic E-state index is 5.92. The molecule has 0 bridgehead atoms. The van der Waals surface area contributed by atoms with Crippen molar-refractivity contribution in [3.8, 4) is 0 Å². The van der Waals surface area contributed by atoms with Crippen molar-refractivity contribution in [3.63, 3.8) is 0 Å². The van der Waals surface area contributed by atoms with Crippen LogP contribution in [-0.2, 0) is 6.42 Å². The summed E-state index contributed by atoms with van der Waals surface area (Å²) < 4.78 is 0. The topological polar surface area (TPSA) is 15.8 Å². The zero-order valence-electron chi connectivity index (χ0n) is 7.47. The molecule has 0 fully saturated rings. The van der Waals surface area contributed by atoms with Gasteiger partial charge in [0.2, 0.25) is 0 Å². The number of benzene rings is 1. The maximum Gasteiger partial charge on any atom is 0.0457 e. The summed E-state index contributed by atoms with van der Waals surface area (Å²) in [5, 5.41) is 2.02. The lowest BCUT2D eigenvalue weighted by Gasteiger charge is -1.95. The molecule has 0 saturated heterocycles. The second kappa shape index (κ2) is 3.43. The molecule has 2 aromatic rings. The molecule has 1 radical (unpaired) electrons. The lowest BCUT2D eigenvalue weighted by molar-refractivity contribution is 1.15. The van der Waals surface area contributed by atoms with Crippen LogP contribution in [0.15, 0.2) is 24.4 Å². The lowest BCUT2D eigenvalue weighted by Crippen LogP contribution is -1.79. The first kappa shape index (κ1) is 8.64. The first-order chi connectivity index (χ1) is 6.31. The number of halogens is 1. The molecule has 0 aliphatic rings. The van der Waals surface area contributed by atoms with Crippen LogP contribution in [0.25, 0.3) is 10.9 Å². The molecular formula is C11H11ClN. The fourth-order valence-corrected chi connectivity index (χ4v) is 1.71. The normalized spacial score (nSPS) is 10.9. The number of hydrogen-bond donors (Lipinski definition) is 1. The number of fused-ring (bicyclic) bond motifs is 1. The first-order valence-corrected chi connectivity index (χ1v) is 4.72. The summed E-state index contributed by atoms with van der Waals surface area (Å²) in [4.78, 5) is 3.22. The Hall–Kier alpha value is -0.950. The average Bonchev–Trinajstić information content (AvgIpc) is 2.49. The van der Waals surface area contributed by atoms with E-state index < -0.39 is 0 Å². The zero-order valence-corrected chi connectivity index (χ0v) is 8.23. The van der Waals surface area contributed by atoms with Gasteiger partial charge in [0.25, 0.3) is 0 Å². The average molecular weight is 193 g/mol. The van der Waals surface area contributed by atoms with Gasteiger partial charge < -0.3 is 4.98 Å². The molecule has 1 aromatic carbocycles. The standard InChI is InChI=1S/C11H11ClN/c1-2-3-8-7-13-11-5-4-9(12)6-10(8)11/h2,4-7,13H,3H2,1H3. The molecule has 2 heteroatoms. The van der Waals surface area contributed by atoms with Gasteiger partial charge in [-0.3, -0.25) is 0 Å². The number of hydrogen-bond acceptors (Lipinski definition) is 0. The van der Waals surface area contributed by atoms with Gasteiger partial charge in [-0.15, -0.1) is 0 Å². The van der Waals surface area contributed by atoms with E-state index in [4.69, 9.17) is 11.6 Å². The van der Waals surface area contributed by atoms with Crippen molar-refractivity contribution in [2.75, 3.05) is 0 Å². The summed E-state index contributed by atoms with van der Waals surface area (Å²) in [5.74, 6) is 0. The molecule has 0 amide bonds. The Labute approximate surface area is 82.7 Å². The Balaban J connectivity index is 2.58. The number of nitrogens with one attached hydrogen (secondary N) is 1. The van der Waals surface area contributed by atoms with Crippen LogP contribution in [0.2, 0.25) is 5.02 Å². The fourth-order valence-electron chi connectivity index (χ4n) is 1.54. The minimum absolute atomic E-state index is 0.796. The highest BCUT2D eigenvalue weighted by atomic mass is 35.5. The van der Waals surface area contributed by atoms with Gasteiger partial charge in [0.05, 0.1) is 0 Å². The molecule has 0 aliphatic heterocycles. The van der Waals surface area contributed by atoms with E-state index in [0.717, 1.165) is 17.0 Å². The predicted molar refractivity (Wildman–Crippen MR) is 57.0 cm³/mol. The molecule has 0 aliphatic carbocycles. The molecular weight excluding hydrogens is 182 g/mol. The molecule has 1 heterocycles. The lowest BCUT2D eigenvalue weighted by atomic mass is 10.1. The summed E-state index contributed by atoms with van der Waals surface area (Å²) in [6.45, 7) is 2.06. The highest BCUT2D eigenvalue weighted by Crippen LogP contribution is 2.22. The molecule has 0 saturated carbocycles. The van der Waals surface area contributed by atoms with Gasteiger partial charge in [0, 0.05) is 22.1 Å². The summed E-state index contributed by atoms with van der Waals surface area (Å²) in [6, 6.07) is 5.92. The second-order valence-electron chi connectivity index (χ2n) is 3.12. The van der Waals surface area contributed by atoms with Gasteiger partial charge >= 0.3 is 0 Å². The SMILES string of the molecule is C[CH]Cc1c[nH]c2ccc(Cl)cc12. The second-order valence-corrected chi connectivity index (χ2v) is 3.55. The molecule has 0 unspecified atom stereocenters. The van der Waals surface area contributed by atoms with Gasteiger partial charge in [-0.05, 0) is 36.6 Å². The van der Waals surface area contributed by atoms with Crippen LogP contribution < -0.4 is 0 Å². The third kappa shape index (κ3) is 1.56. The van der Waals surface area contributed by atoms with E-state index in [1.807, 2.05) is 24.4 Å². The predicted octanol–water partition coefficient (Wildman–Crippen LogP) is 3.59. The smallest absolute Gasteiger partial charge is 0.0457 e. The highest BCUT2D eigenvalue weighted by molar-refractivity contribution is 6.31. The van der Waals surface area contributed by atoms with Gasteiger partial charge in [-0.25, -0.2) is 0 Å².